The van der Waals surface area contributed by atoms with E-state index in [1.54, 1.807) is 0 Å². The van der Waals surface area contributed by atoms with E-state index in [1.807, 2.05) is 53.2 Å². The van der Waals surface area contributed by atoms with Crippen molar-refractivity contribution < 1.29 is 9.53 Å². The number of nitrogens with zero attached hydrogens (tertiary/aromatic N) is 3. The first-order chi connectivity index (χ1) is 14.6. The summed E-state index contributed by atoms with van der Waals surface area (Å²) in [5, 5.41) is 5.44. The molecule has 1 aromatic heterocycles. The number of carbonyl (C=O) groups excluding carboxylic acids is 1. The minimum absolute atomic E-state index is 0.356. The molecular weight excluding hydrogens is 398 g/mol. The number of halogens is 1. The first-order valence-electron chi connectivity index (χ1n) is 10.5. The Hall–Kier alpha value is -2.63. The maximum Gasteiger partial charge on any atom is 0.359 e. The second-order valence-corrected chi connectivity index (χ2v) is 7.82. The predicted molar refractivity (Wildman–Crippen MR) is 119 cm³/mol. The molecule has 2 aromatic carbocycles. The van der Waals surface area contributed by atoms with Gasteiger partial charge in [-0.1, -0.05) is 49.7 Å². The minimum atomic E-state index is -0.356. The fourth-order valence-electron chi connectivity index (χ4n) is 4.02. The number of aryl methyl sites for hydroxylation is 1. The van der Waals surface area contributed by atoms with Crippen molar-refractivity contribution in [1.82, 2.24) is 14.7 Å². The van der Waals surface area contributed by atoms with Crippen LogP contribution in [0.1, 0.15) is 35.5 Å². The fraction of sp³-hybridized carbons (Fsp3) is 0.333. The molecule has 0 N–H and O–H groups in total. The second-order valence-electron chi connectivity index (χ2n) is 7.39. The molecule has 1 aliphatic rings. The van der Waals surface area contributed by atoms with E-state index in [0.29, 0.717) is 12.3 Å². The highest BCUT2D eigenvalue weighted by Crippen LogP contribution is 2.38. The molecule has 0 fully saturated rings. The first kappa shape index (κ1) is 20.6. The van der Waals surface area contributed by atoms with Crippen molar-refractivity contribution in [3.8, 4) is 16.9 Å². The summed E-state index contributed by atoms with van der Waals surface area (Å²) in [5.41, 5.74) is 5.47. The van der Waals surface area contributed by atoms with Gasteiger partial charge >= 0.3 is 5.97 Å². The second kappa shape index (κ2) is 9.02. The van der Waals surface area contributed by atoms with Crippen LogP contribution in [0.3, 0.4) is 0 Å². The highest BCUT2D eigenvalue weighted by Gasteiger charge is 2.29. The van der Waals surface area contributed by atoms with Crippen LogP contribution in [0, 0.1) is 0 Å². The van der Waals surface area contributed by atoms with E-state index in [4.69, 9.17) is 21.4 Å². The van der Waals surface area contributed by atoms with Crippen molar-refractivity contribution in [1.29, 1.82) is 0 Å². The molecule has 1 aliphatic carbocycles. The van der Waals surface area contributed by atoms with Gasteiger partial charge in [-0.25, -0.2) is 9.48 Å². The Kier molecular flexibility index (Phi) is 6.21. The monoisotopic (exact) mass is 423 g/mol. The highest BCUT2D eigenvalue weighted by atomic mass is 35.5. The molecule has 0 saturated carbocycles. The van der Waals surface area contributed by atoms with Gasteiger partial charge in [-0.15, -0.1) is 0 Å². The topological polar surface area (TPSA) is 47.4 Å². The van der Waals surface area contributed by atoms with Crippen LogP contribution in [-0.4, -0.2) is 46.9 Å². The normalized spacial score (nSPS) is 12.5. The summed E-state index contributed by atoms with van der Waals surface area (Å²) in [6.45, 7) is 7.16. The Bertz CT molecular complexity index is 1040. The quantitative estimate of drug-likeness (QED) is 0.512. The number of hydrogen-bond acceptors (Lipinski definition) is 4. The molecule has 0 radical (unpaired) electrons. The summed E-state index contributed by atoms with van der Waals surface area (Å²) in [5.74, 6) is -0.356. The Morgan fingerprint density at radius 3 is 2.63 bits per heavy atom. The molecule has 0 unspecified atom stereocenters. The molecule has 30 heavy (non-hydrogen) atoms. The van der Waals surface area contributed by atoms with Crippen LogP contribution in [0.15, 0.2) is 48.5 Å². The number of aromatic nitrogens is 2. The third-order valence-electron chi connectivity index (χ3n) is 5.68. The van der Waals surface area contributed by atoms with E-state index in [0.717, 1.165) is 60.0 Å². The van der Waals surface area contributed by atoms with Gasteiger partial charge in [-0.2, -0.15) is 5.10 Å². The van der Waals surface area contributed by atoms with Crippen LogP contribution in [0.25, 0.3) is 16.9 Å². The summed E-state index contributed by atoms with van der Waals surface area (Å²) >= 11 is 6.22. The lowest BCUT2D eigenvalue weighted by Gasteiger charge is -2.19. The smallest absolute Gasteiger partial charge is 0.359 e. The van der Waals surface area contributed by atoms with Gasteiger partial charge in [0.05, 0.1) is 11.4 Å². The molecule has 0 aliphatic heterocycles. The third kappa shape index (κ3) is 4.00. The van der Waals surface area contributed by atoms with E-state index < -0.39 is 0 Å². The van der Waals surface area contributed by atoms with Crippen molar-refractivity contribution in [3.05, 3.63) is 70.4 Å². The molecule has 156 valence electrons. The summed E-state index contributed by atoms with van der Waals surface area (Å²) in [6, 6.07) is 15.8. The van der Waals surface area contributed by atoms with Gasteiger partial charge < -0.3 is 9.64 Å². The summed E-state index contributed by atoms with van der Waals surface area (Å²) in [6.07, 6.45) is 1.55. The number of benzene rings is 2. The number of rotatable bonds is 7. The summed E-state index contributed by atoms with van der Waals surface area (Å²) < 4.78 is 7.47. The first-order valence-corrected chi connectivity index (χ1v) is 10.9. The Morgan fingerprint density at radius 1 is 1.13 bits per heavy atom. The van der Waals surface area contributed by atoms with Gasteiger partial charge in [0.2, 0.25) is 0 Å². The van der Waals surface area contributed by atoms with Crippen molar-refractivity contribution in [2.75, 3.05) is 26.2 Å². The largest absolute Gasteiger partial charge is 0.460 e. The van der Waals surface area contributed by atoms with Gasteiger partial charge in [-0.05, 0) is 55.8 Å². The maximum absolute atomic E-state index is 12.9. The maximum atomic E-state index is 12.9. The van der Waals surface area contributed by atoms with Crippen molar-refractivity contribution in [2.45, 2.75) is 26.7 Å². The molecule has 0 bridgehead atoms. The van der Waals surface area contributed by atoms with Crippen molar-refractivity contribution in [3.63, 3.8) is 0 Å². The summed E-state index contributed by atoms with van der Waals surface area (Å²) in [4.78, 5) is 15.2. The van der Waals surface area contributed by atoms with Gasteiger partial charge in [0.25, 0.3) is 0 Å². The average Bonchev–Trinajstić information content (AvgIpc) is 3.17. The lowest BCUT2D eigenvalue weighted by Crippen LogP contribution is -2.28. The van der Waals surface area contributed by atoms with Gasteiger partial charge in [0.15, 0.2) is 5.69 Å². The lowest BCUT2D eigenvalue weighted by molar-refractivity contribution is 0.0458. The Labute approximate surface area is 182 Å². The van der Waals surface area contributed by atoms with Crippen molar-refractivity contribution >= 4 is 17.6 Å². The zero-order valence-electron chi connectivity index (χ0n) is 17.4. The number of carbonyl (C=O) groups is 1. The number of likely N-dealkylation sites (N-methyl/N-ethyl adjacent to an activating group) is 1. The third-order valence-corrected chi connectivity index (χ3v) is 5.91. The molecule has 1 heterocycles. The molecule has 6 heteroatoms. The van der Waals surface area contributed by atoms with Gasteiger partial charge in [-0.3, -0.25) is 0 Å². The zero-order valence-corrected chi connectivity index (χ0v) is 18.2. The molecule has 0 atom stereocenters. The number of ether oxygens (including phenoxy) is 1. The predicted octanol–water partition coefficient (Wildman–Crippen LogP) is 4.79. The van der Waals surface area contributed by atoms with E-state index in [1.165, 1.54) is 5.56 Å². The van der Waals surface area contributed by atoms with Crippen LogP contribution >= 0.6 is 11.6 Å². The SMILES string of the molecule is CCN(CC)CCOC(=O)c1nn(-c2ccccc2)c2c1CCc1cc(Cl)ccc1-2. The molecule has 5 nitrogen and oxygen atoms in total. The molecular formula is C24H26ClN3O2. The number of para-hydroxylation sites is 1. The number of hydrogen-bond donors (Lipinski definition) is 0. The van der Waals surface area contributed by atoms with E-state index in [9.17, 15) is 4.79 Å². The van der Waals surface area contributed by atoms with Crippen LogP contribution in [-0.2, 0) is 17.6 Å². The number of fused-ring (bicyclic) bond motifs is 3. The van der Waals surface area contributed by atoms with Gasteiger partial charge in [0, 0.05) is 22.7 Å². The highest BCUT2D eigenvalue weighted by molar-refractivity contribution is 6.30. The van der Waals surface area contributed by atoms with E-state index in [2.05, 4.69) is 18.7 Å². The average molecular weight is 424 g/mol. The van der Waals surface area contributed by atoms with Crippen LogP contribution in [0.2, 0.25) is 5.02 Å². The molecule has 0 amide bonds. The van der Waals surface area contributed by atoms with Crippen LogP contribution in [0.5, 0.6) is 0 Å². The Morgan fingerprint density at radius 2 is 1.90 bits per heavy atom. The van der Waals surface area contributed by atoms with Crippen LogP contribution in [0.4, 0.5) is 0 Å². The molecule has 0 saturated heterocycles. The molecule has 0 spiro atoms. The van der Waals surface area contributed by atoms with Crippen LogP contribution < -0.4 is 0 Å². The van der Waals surface area contributed by atoms with Gasteiger partial charge in [0.1, 0.15) is 6.61 Å². The molecule has 4 rings (SSSR count). The number of esters is 1. The van der Waals surface area contributed by atoms with Crippen molar-refractivity contribution in [2.24, 2.45) is 0 Å². The van der Waals surface area contributed by atoms with E-state index >= 15 is 0 Å². The standard InChI is InChI=1S/C24H26ClN3O2/c1-3-27(4-2)14-15-30-24(29)22-21-12-10-17-16-18(25)11-13-20(17)23(21)28(26-22)19-8-6-5-7-9-19/h5-9,11,13,16H,3-4,10,12,14-15H2,1-2H3. The fourth-order valence-corrected chi connectivity index (χ4v) is 4.21. The zero-order chi connectivity index (χ0) is 21.1. The minimum Gasteiger partial charge on any atom is -0.460 e. The summed E-state index contributed by atoms with van der Waals surface area (Å²) in [7, 11) is 0. The van der Waals surface area contributed by atoms with E-state index in [-0.39, 0.29) is 5.97 Å². The Balaban J connectivity index is 1.71. The lowest BCUT2D eigenvalue weighted by atomic mass is 9.89. The molecule has 3 aromatic rings.